The summed E-state index contributed by atoms with van der Waals surface area (Å²) in [5.41, 5.74) is 3.30. The molecule has 0 spiro atoms. The summed E-state index contributed by atoms with van der Waals surface area (Å²) in [5.74, 6) is 0.272. The molecule has 0 bridgehead atoms. The van der Waals surface area contributed by atoms with Crippen molar-refractivity contribution in [1.29, 1.82) is 0 Å². The molecular weight excluding hydrogens is 379 g/mol. The van der Waals surface area contributed by atoms with Crippen LogP contribution in [-0.4, -0.2) is 29.2 Å². The molecule has 6 heteroatoms. The minimum atomic E-state index is -0.489. The van der Waals surface area contributed by atoms with Crippen LogP contribution in [0.1, 0.15) is 36.9 Å². The van der Waals surface area contributed by atoms with Crippen molar-refractivity contribution in [3.63, 3.8) is 0 Å². The van der Waals surface area contributed by atoms with Crippen LogP contribution in [0.5, 0.6) is 0 Å². The van der Waals surface area contributed by atoms with E-state index in [1.807, 2.05) is 36.4 Å². The van der Waals surface area contributed by atoms with Crippen LogP contribution in [0.25, 0.3) is 11.1 Å². The van der Waals surface area contributed by atoms with E-state index in [-0.39, 0.29) is 12.1 Å². The molecule has 1 aliphatic heterocycles. The van der Waals surface area contributed by atoms with E-state index >= 15 is 0 Å². The smallest absolute Gasteiger partial charge is 0.220 e. The second-order valence-corrected chi connectivity index (χ2v) is 7.64. The third-order valence-corrected chi connectivity index (χ3v) is 5.42. The minimum absolute atomic E-state index is 0.190. The second-order valence-electron chi connectivity index (χ2n) is 7.64. The van der Waals surface area contributed by atoms with E-state index in [1.54, 1.807) is 12.4 Å². The number of rotatable bonds is 8. The van der Waals surface area contributed by atoms with Gasteiger partial charge in [0, 0.05) is 49.3 Å². The van der Waals surface area contributed by atoms with Crippen LogP contribution in [0.4, 0.5) is 10.2 Å². The molecule has 0 amide bonds. The van der Waals surface area contributed by atoms with E-state index in [1.165, 1.54) is 5.56 Å². The van der Waals surface area contributed by atoms with Gasteiger partial charge in [-0.3, -0.25) is 0 Å². The van der Waals surface area contributed by atoms with Gasteiger partial charge in [-0.05, 0) is 49.1 Å². The van der Waals surface area contributed by atoms with Crippen molar-refractivity contribution >= 4 is 5.82 Å². The summed E-state index contributed by atoms with van der Waals surface area (Å²) in [4.78, 5) is 8.37. The van der Waals surface area contributed by atoms with Crippen molar-refractivity contribution in [2.45, 2.75) is 38.5 Å². The van der Waals surface area contributed by atoms with E-state index in [9.17, 15) is 4.39 Å². The zero-order chi connectivity index (χ0) is 20.8. The molecular formula is C24H27FN4O. The topological polar surface area (TPSA) is 59.1 Å². The van der Waals surface area contributed by atoms with Gasteiger partial charge in [0.15, 0.2) is 0 Å². The average molecular weight is 407 g/mol. The van der Waals surface area contributed by atoms with Gasteiger partial charge in [-0.1, -0.05) is 30.3 Å². The zero-order valence-corrected chi connectivity index (χ0v) is 17.1. The fourth-order valence-electron chi connectivity index (χ4n) is 3.60. The maximum Gasteiger partial charge on any atom is 0.220 e. The molecule has 4 rings (SSSR count). The van der Waals surface area contributed by atoms with Crippen LogP contribution >= 0.6 is 0 Å². The summed E-state index contributed by atoms with van der Waals surface area (Å²) in [6.45, 7) is 4.29. The number of hydrogen-bond acceptors (Lipinski definition) is 5. The molecule has 0 aliphatic carbocycles. The third-order valence-electron chi connectivity index (χ3n) is 5.42. The maximum atomic E-state index is 14.4. The Morgan fingerprint density at radius 3 is 2.73 bits per heavy atom. The fraction of sp³-hybridized carbons (Fsp3) is 0.333. The summed E-state index contributed by atoms with van der Waals surface area (Å²) < 4.78 is 20.0. The van der Waals surface area contributed by atoms with Gasteiger partial charge in [-0.15, -0.1) is 0 Å². The zero-order valence-electron chi connectivity index (χ0n) is 17.1. The number of anilines is 1. The van der Waals surface area contributed by atoms with E-state index < -0.39 is 5.95 Å². The Hall–Kier alpha value is -2.83. The lowest BCUT2D eigenvalue weighted by molar-refractivity contribution is 0.120. The molecule has 3 aromatic rings. The van der Waals surface area contributed by atoms with Crippen molar-refractivity contribution in [3.05, 3.63) is 78.0 Å². The highest BCUT2D eigenvalue weighted by molar-refractivity contribution is 5.64. The minimum Gasteiger partial charge on any atom is -0.376 e. The largest absolute Gasteiger partial charge is 0.376 e. The number of benzene rings is 1. The van der Waals surface area contributed by atoms with Crippen LogP contribution in [0, 0.1) is 5.95 Å². The fourth-order valence-corrected chi connectivity index (χ4v) is 3.60. The maximum absolute atomic E-state index is 14.4. The van der Waals surface area contributed by atoms with Gasteiger partial charge in [-0.25, -0.2) is 9.97 Å². The van der Waals surface area contributed by atoms with Gasteiger partial charge in [0.25, 0.3) is 0 Å². The van der Waals surface area contributed by atoms with E-state index in [2.05, 4.69) is 39.7 Å². The van der Waals surface area contributed by atoms with Gasteiger partial charge in [-0.2, -0.15) is 4.39 Å². The van der Waals surface area contributed by atoms with Crippen molar-refractivity contribution < 1.29 is 9.13 Å². The Kier molecular flexibility index (Phi) is 6.67. The number of pyridine rings is 2. The Morgan fingerprint density at radius 1 is 1.13 bits per heavy atom. The molecule has 0 saturated carbocycles. The van der Waals surface area contributed by atoms with Crippen molar-refractivity contribution in [1.82, 2.24) is 15.3 Å². The summed E-state index contributed by atoms with van der Waals surface area (Å²) in [6, 6.07) is 16.0. The second kappa shape index (κ2) is 9.78. The molecule has 1 aliphatic rings. The Bertz CT molecular complexity index is 943. The summed E-state index contributed by atoms with van der Waals surface area (Å²) in [7, 11) is 0. The van der Waals surface area contributed by atoms with Crippen molar-refractivity contribution in [2.24, 2.45) is 0 Å². The first-order valence-corrected chi connectivity index (χ1v) is 10.4. The third kappa shape index (κ3) is 5.20. The van der Waals surface area contributed by atoms with Gasteiger partial charge < -0.3 is 15.4 Å². The molecule has 30 heavy (non-hydrogen) atoms. The first-order chi connectivity index (χ1) is 14.7. The molecule has 2 atom stereocenters. The standard InChI is InChI=1S/C24H27FN4O/c1-17(19-6-3-2-4-7-19)26-13-18-12-22(24(25)29-14-18)20-9-10-23(27-15-20)28-16-21-8-5-11-30-21/h2-4,6-7,9-10,12,14-15,17,21,26H,5,8,11,13,16H2,1H3,(H,27,28). The Balaban J connectivity index is 1.39. The molecule has 5 nitrogen and oxygen atoms in total. The summed E-state index contributed by atoms with van der Waals surface area (Å²) in [5, 5.41) is 6.75. The molecule has 0 radical (unpaired) electrons. The highest BCUT2D eigenvalue weighted by atomic mass is 19.1. The predicted molar refractivity (Wildman–Crippen MR) is 117 cm³/mol. The van der Waals surface area contributed by atoms with Gasteiger partial charge in [0.05, 0.1) is 6.10 Å². The normalized spacial score (nSPS) is 17.1. The average Bonchev–Trinajstić information content (AvgIpc) is 3.32. The molecule has 1 fully saturated rings. The molecule has 2 unspecified atom stereocenters. The van der Waals surface area contributed by atoms with Crippen LogP contribution in [0.15, 0.2) is 60.9 Å². The Labute approximate surface area is 176 Å². The van der Waals surface area contributed by atoms with Crippen molar-refractivity contribution in [3.8, 4) is 11.1 Å². The van der Waals surface area contributed by atoms with E-state index in [0.29, 0.717) is 17.7 Å². The Morgan fingerprint density at radius 2 is 2.00 bits per heavy atom. The molecule has 1 aromatic carbocycles. The lowest BCUT2D eigenvalue weighted by atomic mass is 10.1. The lowest BCUT2D eigenvalue weighted by Crippen LogP contribution is -2.18. The van der Waals surface area contributed by atoms with Crippen LogP contribution in [0.3, 0.4) is 0 Å². The van der Waals surface area contributed by atoms with Crippen LogP contribution < -0.4 is 10.6 Å². The number of halogens is 1. The lowest BCUT2D eigenvalue weighted by Gasteiger charge is -2.15. The highest BCUT2D eigenvalue weighted by Crippen LogP contribution is 2.24. The van der Waals surface area contributed by atoms with Gasteiger partial charge >= 0.3 is 0 Å². The quantitative estimate of drug-likeness (QED) is 0.530. The number of aromatic nitrogens is 2. The number of ether oxygens (including phenoxy) is 1. The first kappa shape index (κ1) is 20.4. The first-order valence-electron chi connectivity index (χ1n) is 10.4. The molecule has 3 heterocycles. The van der Waals surface area contributed by atoms with E-state index in [4.69, 9.17) is 4.74 Å². The van der Waals surface area contributed by atoms with E-state index in [0.717, 1.165) is 37.4 Å². The van der Waals surface area contributed by atoms with Crippen LogP contribution in [0.2, 0.25) is 0 Å². The molecule has 2 N–H and O–H groups in total. The summed E-state index contributed by atoms with van der Waals surface area (Å²) in [6.07, 6.45) is 5.69. The van der Waals surface area contributed by atoms with Crippen molar-refractivity contribution in [2.75, 3.05) is 18.5 Å². The SMILES string of the molecule is CC(NCc1cnc(F)c(-c2ccc(NCC3CCCO3)nc2)c1)c1ccccc1. The number of nitrogens with zero attached hydrogens (tertiary/aromatic N) is 2. The summed E-state index contributed by atoms with van der Waals surface area (Å²) >= 11 is 0. The number of nitrogens with one attached hydrogen (secondary N) is 2. The number of hydrogen-bond donors (Lipinski definition) is 2. The van der Waals surface area contributed by atoms with Gasteiger partial charge in [0.1, 0.15) is 5.82 Å². The molecule has 1 saturated heterocycles. The highest BCUT2D eigenvalue weighted by Gasteiger charge is 2.15. The predicted octanol–water partition coefficient (Wildman–Crippen LogP) is 4.72. The van der Waals surface area contributed by atoms with Gasteiger partial charge in [0.2, 0.25) is 5.95 Å². The molecule has 156 valence electrons. The monoisotopic (exact) mass is 406 g/mol. The molecule has 2 aromatic heterocycles. The van der Waals surface area contributed by atoms with Crippen LogP contribution in [-0.2, 0) is 11.3 Å².